The van der Waals surface area contributed by atoms with E-state index >= 15 is 0 Å². The standard InChI is InChI=1S/C17H19FN2/c18-15-8-4-7-14(9-15)16-11-20(12-17(16)19)10-13-5-2-1-3-6-13/h1-9,16-17H,10-12,19H2/t16-,17+/m1/s1. The van der Waals surface area contributed by atoms with Gasteiger partial charge in [0.1, 0.15) is 5.82 Å². The zero-order chi connectivity index (χ0) is 13.9. The summed E-state index contributed by atoms with van der Waals surface area (Å²) >= 11 is 0. The first-order valence-corrected chi connectivity index (χ1v) is 7.00. The summed E-state index contributed by atoms with van der Waals surface area (Å²) in [5, 5.41) is 0. The van der Waals surface area contributed by atoms with Crippen LogP contribution in [0.1, 0.15) is 17.0 Å². The lowest BCUT2D eigenvalue weighted by molar-refractivity contribution is 0.324. The largest absolute Gasteiger partial charge is 0.326 e. The molecule has 3 rings (SSSR count). The molecule has 2 aromatic rings. The maximum atomic E-state index is 13.3. The number of nitrogens with two attached hydrogens (primary N) is 1. The molecule has 3 heteroatoms. The molecule has 0 unspecified atom stereocenters. The van der Waals surface area contributed by atoms with Crippen molar-refractivity contribution in [3.05, 3.63) is 71.5 Å². The quantitative estimate of drug-likeness (QED) is 0.929. The van der Waals surface area contributed by atoms with Crippen LogP contribution in [0.15, 0.2) is 54.6 Å². The van der Waals surface area contributed by atoms with Gasteiger partial charge < -0.3 is 5.73 Å². The maximum absolute atomic E-state index is 13.3. The fourth-order valence-electron chi connectivity index (χ4n) is 2.97. The molecular weight excluding hydrogens is 251 g/mol. The van der Waals surface area contributed by atoms with E-state index in [0.717, 1.165) is 25.2 Å². The Labute approximate surface area is 119 Å². The summed E-state index contributed by atoms with van der Waals surface area (Å²) in [4.78, 5) is 2.34. The molecular formula is C17H19FN2. The number of benzene rings is 2. The summed E-state index contributed by atoms with van der Waals surface area (Å²) in [6, 6.07) is 17.3. The number of halogens is 1. The third-order valence-corrected chi connectivity index (χ3v) is 3.97. The fraction of sp³-hybridized carbons (Fsp3) is 0.294. The lowest BCUT2D eigenvalue weighted by Crippen LogP contribution is -2.28. The van der Waals surface area contributed by atoms with Crippen molar-refractivity contribution < 1.29 is 4.39 Å². The Bertz CT molecular complexity index is 570. The van der Waals surface area contributed by atoms with Crippen LogP contribution in [0.2, 0.25) is 0 Å². The molecule has 1 fully saturated rings. The first kappa shape index (κ1) is 13.3. The molecule has 2 N–H and O–H groups in total. The molecule has 1 saturated heterocycles. The molecule has 1 aliphatic heterocycles. The molecule has 1 heterocycles. The molecule has 2 atom stereocenters. The monoisotopic (exact) mass is 270 g/mol. The zero-order valence-corrected chi connectivity index (χ0v) is 11.4. The molecule has 2 nitrogen and oxygen atoms in total. The van der Waals surface area contributed by atoms with E-state index in [4.69, 9.17) is 5.73 Å². The van der Waals surface area contributed by atoms with Crippen LogP contribution in [0, 0.1) is 5.82 Å². The average Bonchev–Trinajstić information content (AvgIpc) is 2.81. The lowest BCUT2D eigenvalue weighted by Gasteiger charge is -2.16. The molecule has 0 radical (unpaired) electrons. The van der Waals surface area contributed by atoms with Crippen molar-refractivity contribution in [2.24, 2.45) is 5.73 Å². The molecule has 0 spiro atoms. The molecule has 1 aliphatic rings. The Balaban J connectivity index is 1.71. The SMILES string of the molecule is N[C@H]1CN(Cc2ccccc2)C[C@@H]1c1cccc(F)c1. The van der Waals surface area contributed by atoms with Crippen molar-refractivity contribution in [3.63, 3.8) is 0 Å². The molecule has 0 bridgehead atoms. The minimum Gasteiger partial charge on any atom is -0.326 e. The number of nitrogens with zero attached hydrogens (tertiary/aromatic N) is 1. The van der Waals surface area contributed by atoms with Crippen molar-refractivity contribution in [2.75, 3.05) is 13.1 Å². The zero-order valence-electron chi connectivity index (χ0n) is 11.4. The molecule has 20 heavy (non-hydrogen) atoms. The van der Waals surface area contributed by atoms with Crippen LogP contribution in [0.4, 0.5) is 4.39 Å². The molecule has 2 aromatic carbocycles. The third kappa shape index (κ3) is 2.89. The summed E-state index contributed by atoms with van der Waals surface area (Å²) in [7, 11) is 0. The predicted octanol–water partition coefficient (Wildman–Crippen LogP) is 2.75. The van der Waals surface area contributed by atoms with Gasteiger partial charge in [-0.05, 0) is 23.3 Å². The molecule has 0 aliphatic carbocycles. The van der Waals surface area contributed by atoms with Crippen LogP contribution >= 0.6 is 0 Å². The van der Waals surface area contributed by atoms with Crippen LogP contribution in [0.25, 0.3) is 0 Å². The minimum absolute atomic E-state index is 0.0699. The Morgan fingerprint density at radius 1 is 1.05 bits per heavy atom. The number of hydrogen-bond acceptors (Lipinski definition) is 2. The Morgan fingerprint density at radius 2 is 1.85 bits per heavy atom. The van der Waals surface area contributed by atoms with E-state index in [1.165, 1.54) is 11.6 Å². The third-order valence-electron chi connectivity index (χ3n) is 3.97. The van der Waals surface area contributed by atoms with Crippen LogP contribution in [-0.4, -0.2) is 24.0 Å². The summed E-state index contributed by atoms with van der Waals surface area (Å²) < 4.78 is 13.3. The van der Waals surface area contributed by atoms with Gasteiger partial charge in [-0.3, -0.25) is 4.90 Å². The van der Waals surface area contributed by atoms with Crippen LogP contribution < -0.4 is 5.73 Å². The van der Waals surface area contributed by atoms with Gasteiger partial charge in [-0.1, -0.05) is 42.5 Å². The van der Waals surface area contributed by atoms with Crippen molar-refractivity contribution in [3.8, 4) is 0 Å². The summed E-state index contributed by atoms with van der Waals surface area (Å²) in [5.41, 5.74) is 8.54. The van der Waals surface area contributed by atoms with Gasteiger partial charge in [0.15, 0.2) is 0 Å². The van der Waals surface area contributed by atoms with E-state index in [9.17, 15) is 4.39 Å². The minimum atomic E-state index is -0.184. The van der Waals surface area contributed by atoms with Crippen molar-refractivity contribution in [2.45, 2.75) is 18.5 Å². The van der Waals surface area contributed by atoms with Gasteiger partial charge in [-0.15, -0.1) is 0 Å². The summed E-state index contributed by atoms with van der Waals surface area (Å²) in [5.74, 6) is 0.0330. The Hall–Kier alpha value is -1.71. The van der Waals surface area contributed by atoms with Gasteiger partial charge in [0.05, 0.1) is 0 Å². The Kier molecular flexibility index (Phi) is 3.81. The summed E-state index contributed by atoms with van der Waals surface area (Å²) in [6.45, 7) is 2.65. The van der Waals surface area contributed by atoms with Crippen molar-refractivity contribution >= 4 is 0 Å². The van der Waals surface area contributed by atoms with Gasteiger partial charge in [0.25, 0.3) is 0 Å². The van der Waals surface area contributed by atoms with Gasteiger partial charge in [-0.2, -0.15) is 0 Å². The molecule has 0 saturated carbocycles. The lowest BCUT2D eigenvalue weighted by atomic mass is 9.95. The van der Waals surface area contributed by atoms with Crippen LogP contribution in [-0.2, 0) is 6.54 Å². The second-order valence-electron chi connectivity index (χ2n) is 5.51. The number of likely N-dealkylation sites (tertiary alicyclic amines) is 1. The number of rotatable bonds is 3. The number of hydrogen-bond donors (Lipinski definition) is 1. The van der Waals surface area contributed by atoms with E-state index in [-0.39, 0.29) is 17.8 Å². The highest BCUT2D eigenvalue weighted by molar-refractivity contribution is 5.25. The van der Waals surface area contributed by atoms with Gasteiger partial charge in [0, 0.05) is 31.6 Å². The van der Waals surface area contributed by atoms with Crippen LogP contribution in [0.3, 0.4) is 0 Å². The highest BCUT2D eigenvalue weighted by Crippen LogP contribution is 2.27. The van der Waals surface area contributed by atoms with Gasteiger partial charge in [-0.25, -0.2) is 4.39 Å². The van der Waals surface area contributed by atoms with E-state index in [0.29, 0.717) is 0 Å². The maximum Gasteiger partial charge on any atom is 0.123 e. The van der Waals surface area contributed by atoms with E-state index in [1.54, 1.807) is 12.1 Å². The fourth-order valence-corrected chi connectivity index (χ4v) is 2.97. The smallest absolute Gasteiger partial charge is 0.123 e. The highest BCUT2D eigenvalue weighted by Gasteiger charge is 2.31. The summed E-state index contributed by atoms with van der Waals surface area (Å²) in [6.07, 6.45) is 0. The molecule has 0 aromatic heterocycles. The first-order chi connectivity index (χ1) is 9.72. The van der Waals surface area contributed by atoms with Crippen LogP contribution in [0.5, 0.6) is 0 Å². The first-order valence-electron chi connectivity index (χ1n) is 7.00. The van der Waals surface area contributed by atoms with Gasteiger partial charge in [0.2, 0.25) is 0 Å². The van der Waals surface area contributed by atoms with E-state index in [2.05, 4.69) is 29.2 Å². The highest BCUT2D eigenvalue weighted by atomic mass is 19.1. The Morgan fingerprint density at radius 3 is 2.60 bits per heavy atom. The van der Waals surface area contributed by atoms with E-state index < -0.39 is 0 Å². The second kappa shape index (κ2) is 5.73. The normalized spacial score (nSPS) is 23.1. The average molecular weight is 270 g/mol. The molecule has 104 valence electrons. The predicted molar refractivity (Wildman–Crippen MR) is 78.8 cm³/mol. The van der Waals surface area contributed by atoms with Crippen molar-refractivity contribution in [1.82, 2.24) is 4.90 Å². The van der Waals surface area contributed by atoms with Gasteiger partial charge >= 0.3 is 0 Å². The topological polar surface area (TPSA) is 29.3 Å². The van der Waals surface area contributed by atoms with Crippen molar-refractivity contribution in [1.29, 1.82) is 0 Å². The second-order valence-corrected chi connectivity index (χ2v) is 5.51. The molecule has 0 amide bonds. The van der Waals surface area contributed by atoms with E-state index in [1.807, 2.05) is 12.1 Å².